The summed E-state index contributed by atoms with van der Waals surface area (Å²) in [5.74, 6) is 0.694. The molecule has 0 spiro atoms. The van der Waals surface area contributed by atoms with Gasteiger partial charge in [0, 0.05) is 23.9 Å². The second-order valence-electron chi connectivity index (χ2n) is 7.36. The smallest absolute Gasteiger partial charge is 0.229 e. The lowest BCUT2D eigenvalue weighted by molar-refractivity contribution is -0.131. The topological polar surface area (TPSA) is 47.3 Å². The normalized spacial score (nSPS) is 19.8. The van der Waals surface area contributed by atoms with Crippen molar-refractivity contribution in [2.24, 2.45) is 0 Å². The first kappa shape index (κ1) is 20.0. The number of nitriles is 1. The number of hydrogen-bond donors (Lipinski definition) is 0. The quantitative estimate of drug-likeness (QED) is 0.679. The molecule has 1 amide bonds. The summed E-state index contributed by atoms with van der Waals surface area (Å²) in [5.41, 5.74) is 3.00. The number of halogens is 1. The second kappa shape index (κ2) is 9.04. The van der Waals surface area contributed by atoms with E-state index in [2.05, 4.69) is 35.2 Å². The molecule has 2 aliphatic heterocycles. The van der Waals surface area contributed by atoms with Gasteiger partial charge in [-0.25, -0.2) is 0 Å². The number of rotatable bonds is 5. The van der Waals surface area contributed by atoms with E-state index in [-0.39, 0.29) is 11.8 Å². The first-order valence-electron chi connectivity index (χ1n) is 9.75. The number of benzene rings is 2. The number of fused-ring (bicyclic) bond motifs is 1. The Morgan fingerprint density at radius 3 is 2.62 bits per heavy atom. The van der Waals surface area contributed by atoms with E-state index in [1.54, 1.807) is 16.7 Å². The molecule has 0 unspecified atom stereocenters. The fraction of sp³-hybridized carbons (Fsp3) is 0.304. The summed E-state index contributed by atoms with van der Waals surface area (Å²) < 4.78 is 0. The Labute approximate surface area is 180 Å². The minimum absolute atomic E-state index is 0.0826. The van der Waals surface area contributed by atoms with Crippen molar-refractivity contribution in [2.45, 2.75) is 25.2 Å². The third-order valence-corrected chi connectivity index (χ3v) is 6.86. The molecular weight excluding hydrogens is 402 g/mol. The van der Waals surface area contributed by atoms with Gasteiger partial charge in [0.05, 0.1) is 29.2 Å². The molecule has 4 nitrogen and oxygen atoms in total. The van der Waals surface area contributed by atoms with Crippen LogP contribution in [-0.4, -0.2) is 34.8 Å². The van der Waals surface area contributed by atoms with Gasteiger partial charge in [0.15, 0.2) is 0 Å². The highest BCUT2D eigenvalue weighted by Crippen LogP contribution is 2.42. The molecule has 2 aromatic rings. The van der Waals surface area contributed by atoms with Crippen LogP contribution in [0.3, 0.4) is 0 Å². The summed E-state index contributed by atoms with van der Waals surface area (Å²) >= 11 is 7.60. The molecule has 29 heavy (non-hydrogen) atoms. The molecule has 2 heterocycles. The first-order valence-corrected chi connectivity index (χ1v) is 11.1. The molecule has 4 rings (SSSR count). The molecule has 6 heteroatoms. The Bertz CT molecular complexity index is 952. The molecule has 2 aliphatic rings. The molecule has 1 saturated heterocycles. The highest BCUT2D eigenvalue weighted by molar-refractivity contribution is 8.03. The molecule has 0 aromatic heterocycles. The standard InChI is InChI=1S/C23H22ClN3OS/c24-19-10-8-18(9-11-19)20-13-22(28)27-15-26(16-29-23(27)21(20)14-25)12-4-7-17-5-2-1-3-6-17/h1-3,5-6,8-11,20H,4,7,12-13,15-16H2/t20-/m0/s1. The van der Waals surface area contributed by atoms with Crippen molar-refractivity contribution in [2.75, 3.05) is 19.1 Å². The predicted molar refractivity (Wildman–Crippen MR) is 117 cm³/mol. The van der Waals surface area contributed by atoms with Gasteiger partial charge in [0.1, 0.15) is 0 Å². The molecule has 148 valence electrons. The number of carbonyl (C=O) groups excluding carboxylic acids is 1. The average Bonchev–Trinajstić information content (AvgIpc) is 2.75. The number of nitrogens with zero attached hydrogens (tertiary/aromatic N) is 3. The van der Waals surface area contributed by atoms with E-state index < -0.39 is 0 Å². The summed E-state index contributed by atoms with van der Waals surface area (Å²) in [6, 6.07) is 20.3. The summed E-state index contributed by atoms with van der Waals surface area (Å²) in [6.07, 6.45) is 2.40. The van der Waals surface area contributed by atoms with E-state index in [0.29, 0.717) is 23.7 Å². The van der Waals surface area contributed by atoms with Gasteiger partial charge < -0.3 is 0 Å². The lowest BCUT2D eigenvalue weighted by Gasteiger charge is -2.41. The molecule has 0 N–H and O–H groups in total. The zero-order valence-electron chi connectivity index (χ0n) is 16.1. The third kappa shape index (κ3) is 4.51. The van der Waals surface area contributed by atoms with Gasteiger partial charge >= 0.3 is 0 Å². The summed E-state index contributed by atoms with van der Waals surface area (Å²) in [4.78, 5) is 17.0. The van der Waals surface area contributed by atoms with Crippen molar-refractivity contribution in [3.8, 4) is 6.07 Å². The fourth-order valence-electron chi connectivity index (χ4n) is 3.88. The van der Waals surface area contributed by atoms with Crippen LogP contribution < -0.4 is 0 Å². The molecule has 0 saturated carbocycles. The van der Waals surface area contributed by atoms with Crippen molar-refractivity contribution < 1.29 is 4.79 Å². The maximum absolute atomic E-state index is 12.9. The minimum atomic E-state index is -0.187. The van der Waals surface area contributed by atoms with E-state index in [4.69, 9.17) is 11.6 Å². The molecule has 0 radical (unpaired) electrons. The van der Waals surface area contributed by atoms with Gasteiger partial charge in [0.25, 0.3) is 0 Å². The van der Waals surface area contributed by atoms with Crippen LogP contribution in [0, 0.1) is 11.3 Å². The highest BCUT2D eigenvalue weighted by atomic mass is 35.5. The van der Waals surface area contributed by atoms with Gasteiger partial charge in [-0.1, -0.05) is 65.8 Å². The van der Waals surface area contributed by atoms with Crippen molar-refractivity contribution in [1.29, 1.82) is 5.26 Å². The van der Waals surface area contributed by atoms with Gasteiger partial charge in [0.2, 0.25) is 5.91 Å². The molecule has 2 aromatic carbocycles. The van der Waals surface area contributed by atoms with Crippen LogP contribution in [0.25, 0.3) is 0 Å². The monoisotopic (exact) mass is 423 g/mol. The van der Waals surface area contributed by atoms with Gasteiger partial charge in [-0.05, 0) is 36.1 Å². The van der Waals surface area contributed by atoms with Crippen molar-refractivity contribution in [1.82, 2.24) is 9.80 Å². The number of thioether (sulfide) groups is 1. The number of aryl methyl sites for hydroxylation is 1. The first-order chi connectivity index (χ1) is 14.2. The van der Waals surface area contributed by atoms with E-state index >= 15 is 0 Å². The zero-order chi connectivity index (χ0) is 20.2. The zero-order valence-corrected chi connectivity index (χ0v) is 17.6. The van der Waals surface area contributed by atoms with Crippen LogP contribution in [-0.2, 0) is 11.2 Å². The Morgan fingerprint density at radius 2 is 1.90 bits per heavy atom. The van der Waals surface area contributed by atoms with Crippen molar-refractivity contribution >= 4 is 29.3 Å². The largest absolute Gasteiger partial charge is 0.292 e. The van der Waals surface area contributed by atoms with E-state index in [1.165, 1.54) is 5.56 Å². The number of allylic oxidation sites excluding steroid dienone is 1. The fourth-order valence-corrected chi connectivity index (χ4v) is 5.18. The SMILES string of the molecule is N#CC1=C2SCN(CCCc3ccccc3)CN2C(=O)C[C@H]1c1ccc(Cl)cc1. The van der Waals surface area contributed by atoms with Crippen LogP contribution in [0.1, 0.15) is 29.9 Å². The highest BCUT2D eigenvalue weighted by Gasteiger charge is 2.38. The minimum Gasteiger partial charge on any atom is -0.292 e. The van der Waals surface area contributed by atoms with Gasteiger partial charge in [-0.3, -0.25) is 14.6 Å². The lowest BCUT2D eigenvalue weighted by Crippen LogP contribution is -2.47. The molecule has 0 bridgehead atoms. The van der Waals surface area contributed by atoms with Crippen LogP contribution in [0.2, 0.25) is 5.02 Å². The van der Waals surface area contributed by atoms with Gasteiger partial charge in [-0.15, -0.1) is 0 Å². The summed E-state index contributed by atoms with van der Waals surface area (Å²) in [7, 11) is 0. The Kier molecular flexibility index (Phi) is 6.25. The van der Waals surface area contributed by atoms with E-state index in [9.17, 15) is 10.1 Å². The van der Waals surface area contributed by atoms with Crippen LogP contribution in [0.5, 0.6) is 0 Å². The van der Waals surface area contributed by atoms with Crippen LogP contribution >= 0.6 is 23.4 Å². The van der Waals surface area contributed by atoms with Gasteiger partial charge in [-0.2, -0.15) is 5.26 Å². The molecule has 1 fully saturated rings. The Morgan fingerprint density at radius 1 is 1.14 bits per heavy atom. The van der Waals surface area contributed by atoms with Crippen molar-refractivity contribution in [3.63, 3.8) is 0 Å². The third-order valence-electron chi connectivity index (χ3n) is 5.40. The van der Waals surface area contributed by atoms with E-state index in [1.807, 2.05) is 30.3 Å². The number of carbonyl (C=O) groups is 1. The average molecular weight is 424 g/mol. The lowest BCUT2D eigenvalue weighted by atomic mass is 9.86. The number of amides is 1. The predicted octanol–water partition coefficient (Wildman–Crippen LogP) is 4.99. The maximum atomic E-state index is 12.9. The summed E-state index contributed by atoms with van der Waals surface area (Å²) in [6.45, 7) is 1.50. The Hall–Kier alpha value is -2.26. The van der Waals surface area contributed by atoms with Crippen LogP contribution in [0.4, 0.5) is 0 Å². The Balaban J connectivity index is 1.45. The summed E-state index contributed by atoms with van der Waals surface area (Å²) in [5, 5.41) is 11.3. The molecule has 1 atom stereocenters. The van der Waals surface area contributed by atoms with E-state index in [0.717, 1.165) is 35.9 Å². The van der Waals surface area contributed by atoms with Crippen LogP contribution in [0.15, 0.2) is 65.2 Å². The second-order valence-corrected chi connectivity index (χ2v) is 8.73. The number of hydrogen-bond acceptors (Lipinski definition) is 4. The molecular formula is C23H22ClN3OS. The molecule has 0 aliphatic carbocycles. The maximum Gasteiger partial charge on any atom is 0.229 e. The van der Waals surface area contributed by atoms with Crippen molar-refractivity contribution in [3.05, 3.63) is 81.3 Å².